The number of benzene rings is 1. The van der Waals surface area contributed by atoms with E-state index in [0.29, 0.717) is 23.0 Å². The van der Waals surface area contributed by atoms with E-state index in [-0.39, 0.29) is 23.5 Å². The third-order valence-corrected chi connectivity index (χ3v) is 3.38. The maximum atomic E-state index is 12.3. The first-order valence-corrected chi connectivity index (χ1v) is 7.75. The number of rotatable bonds is 6. The highest BCUT2D eigenvalue weighted by Crippen LogP contribution is 2.20. The van der Waals surface area contributed by atoms with Crippen molar-refractivity contribution in [1.29, 1.82) is 0 Å². The van der Waals surface area contributed by atoms with Crippen molar-refractivity contribution in [1.82, 2.24) is 10.3 Å². The summed E-state index contributed by atoms with van der Waals surface area (Å²) >= 11 is 6.06. The number of ether oxygens (including phenoxy) is 1. The van der Waals surface area contributed by atoms with E-state index in [0.717, 1.165) is 0 Å². The molecule has 2 amide bonds. The van der Waals surface area contributed by atoms with E-state index in [9.17, 15) is 9.59 Å². The van der Waals surface area contributed by atoms with Crippen LogP contribution in [0.3, 0.4) is 0 Å². The van der Waals surface area contributed by atoms with Crippen molar-refractivity contribution in [3.05, 3.63) is 53.3 Å². The normalized spacial score (nSPS) is 11.5. The number of pyridine rings is 1. The molecule has 1 aromatic heterocycles. The van der Waals surface area contributed by atoms with Crippen molar-refractivity contribution in [3.63, 3.8) is 0 Å². The Morgan fingerprint density at radius 3 is 2.79 bits per heavy atom. The molecule has 0 aliphatic carbocycles. The van der Waals surface area contributed by atoms with Crippen LogP contribution >= 0.6 is 11.6 Å². The molecule has 6 nitrogen and oxygen atoms in total. The fraction of sp³-hybridized carbons (Fsp3) is 0.235. The van der Waals surface area contributed by atoms with Gasteiger partial charge in [-0.1, -0.05) is 11.6 Å². The van der Waals surface area contributed by atoms with Crippen LogP contribution in [-0.2, 0) is 4.79 Å². The van der Waals surface area contributed by atoms with Crippen LogP contribution in [-0.4, -0.2) is 29.4 Å². The Morgan fingerprint density at radius 1 is 1.33 bits per heavy atom. The fourth-order valence-electron chi connectivity index (χ4n) is 2.00. The van der Waals surface area contributed by atoms with Crippen LogP contribution in [0, 0.1) is 0 Å². The minimum absolute atomic E-state index is 0.220. The smallest absolute Gasteiger partial charge is 0.253 e. The summed E-state index contributed by atoms with van der Waals surface area (Å²) in [6.07, 6.45) is 3.02. The largest absolute Gasteiger partial charge is 0.487 e. The number of aromatic nitrogens is 1. The first-order chi connectivity index (χ1) is 11.5. The number of nitrogens with zero attached hydrogens (tertiary/aromatic N) is 1. The summed E-state index contributed by atoms with van der Waals surface area (Å²) in [4.78, 5) is 27.3. The van der Waals surface area contributed by atoms with Crippen molar-refractivity contribution in [2.45, 2.75) is 20.0 Å². The lowest BCUT2D eigenvalue weighted by Gasteiger charge is -2.15. The predicted octanol–water partition coefficient (Wildman–Crippen LogP) is 2.89. The van der Waals surface area contributed by atoms with Gasteiger partial charge in [0.05, 0.1) is 23.3 Å². The molecule has 0 bridgehead atoms. The van der Waals surface area contributed by atoms with Crippen molar-refractivity contribution in [3.8, 4) is 5.75 Å². The molecule has 1 aromatic carbocycles. The van der Waals surface area contributed by atoms with Gasteiger partial charge in [0.25, 0.3) is 5.91 Å². The topological polar surface area (TPSA) is 80.3 Å². The average molecular weight is 348 g/mol. The monoisotopic (exact) mass is 347 g/mol. The van der Waals surface area contributed by atoms with Crippen molar-refractivity contribution >= 4 is 29.1 Å². The fourth-order valence-corrected chi connectivity index (χ4v) is 2.21. The van der Waals surface area contributed by atoms with E-state index in [2.05, 4.69) is 15.6 Å². The van der Waals surface area contributed by atoms with Crippen LogP contribution in [0.1, 0.15) is 24.2 Å². The summed E-state index contributed by atoms with van der Waals surface area (Å²) in [5.74, 6) is 0.0703. The summed E-state index contributed by atoms with van der Waals surface area (Å²) in [6, 6.07) is 8.30. The second-order valence-corrected chi connectivity index (χ2v) is 5.61. The highest BCUT2D eigenvalue weighted by atomic mass is 35.5. The molecule has 2 aromatic rings. The van der Waals surface area contributed by atoms with Gasteiger partial charge in [-0.15, -0.1) is 0 Å². The minimum Gasteiger partial charge on any atom is -0.487 e. The summed E-state index contributed by atoms with van der Waals surface area (Å²) in [6.45, 7) is 3.53. The summed E-state index contributed by atoms with van der Waals surface area (Å²) in [7, 11) is 0. The van der Waals surface area contributed by atoms with Gasteiger partial charge < -0.3 is 15.4 Å². The molecule has 0 aliphatic rings. The molecule has 0 saturated carbocycles. The van der Waals surface area contributed by atoms with Gasteiger partial charge in [-0.25, -0.2) is 0 Å². The van der Waals surface area contributed by atoms with Gasteiger partial charge in [-0.05, 0) is 37.3 Å². The van der Waals surface area contributed by atoms with Crippen LogP contribution < -0.4 is 15.4 Å². The molecule has 1 heterocycles. The Labute approximate surface area is 145 Å². The molecule has 24 heavy (non-hydrogen) atoms. The summed E-state index contributed by atoms with van der Waals surface area (Å²) in [5, 5.41) is 5.68. The maximum absolute atomic E-state index is 12.3. The number of nitrogens with one attached hydrogen (secondary N) is 2. The number of carbonyl (C=O) groups is 2. The molecular formula is C17H18ClN3O3. The molecular weight excluding hydrogens is 330 g/mol. The number of anilines is 1. The molecule has 7 heteroatoms. The standard InChI is InChI=1S/C17H18ClN3O3/c1-11(24-14-4-3-7-19-10-14)9-20-17(23)15-8-13(21-12(2)22)5-6-16(15)18/h3-8,10-11H,9H2,1-2H3,(H,20,23)(H,21,22)/t11-/m1/s1. The number of hydrogen-bond acceptors (Lipinski definition) is 4. The predicted molar refractivity (Wildman–Crippen MR) is 92.4 cm³/mol. The highest BCUT2D eigenvalue weighted by molar-refractivity contribution is 6.34. The number of carbonyl (C=O) groups excluding carboxylic acids is 2. The van der Waals surface area contributed by atoms with Gasteiger partial charge in [0.15, 0.2) is 0 Å². The maximum Gasteiger partial charge on any atom is 0.253 e. The molecule has 0 spiro atoms. The molecule has 0 radical (unpaired) electrons. The lowest BCUT2D eigenvalue weighted by molar-refractivity contribution is -0.114. The van der Waals surface area contributed by atoms with Crippen LogP contribution in [0.15, 0.2) is 42.7 Å². The van der Waals surface area contributed by atoms with Crippen LogP contribution in [0.4, 0.5) is 5.69 Å². The highest BCUT2D eigenvalue weighted by Gasteiger charge is 2.13. The molecule has 126 valence electrons. The SMILES string of the molecule is CC(=O)Nc1ccc(Cl)c(C(=O)NC[C@@H](C)Oc2cccnc2)c1. The third kappa shape index (κ3) is 5.24. The summed E-state index contributed by atoms with van der Waals surface area (Å²) < 4.78 is 5.64. The second-order valence-electron chi connectivity index (χ2n) is 5.20. The molecule has 0 saturated heterocycles. The first-order valence-electron chi connectivity index (χ1n) is 7.37. The molecule has 0 aliphatic heterocycles. The van der Waals surface area contributed by atoms with Crippen molar-refractivity contribution in [2.75, 3.05) is 11.9 Å². The van der Waals surface area contributed by atoms with Crippen LogP contribution in [0.2, 0.25) is 5.02 Å². The van der Waals surface area contributed by atoms with Gasteiger partial charge in [0.1, 0.15) is 11.9 Å². The quantitative estimate of drug-likeness (QED) is 0.842. The third-order valence-electron chi connectivity index (χ3n) is 3.05. The number of halogens is 1. The number of hydrogen-bond donors (Lipinski definition) is 2. The Bertz CT molecular complexity index is 722. The minimum atomic E-state index is -0.339. The molecule has 1 atom stereocenters. The Kier molecular flexibility index (Phi) is 6.14. The lowest BCUT2D eigenvalue weighted by Crippen LogP contribution is -2.33. The molecule has 2 N–H and O–H groups in total. The molecule has 0 fully saturated rings. The van der Waals surface area contributed by atoms with E-state index in [1.54, 1.807) is 36.7 Å². The van der Waals surface area contributed by atoms with Gasteiger partial charge in [-0.2, -0.15) is 0 Å². The van der Waals surface area contributed by atoms with Gasteiger partial charge >= 0.3 is 0 Å². The van der Waals surface area contributed by atoms with Gasteiger partial charge in [0, 0.05) is 18.8 Å². The van der Waals surface area contributed by atoms with E-state index < -0.39 is 0 Å². The Balaban J connectivity index is 1.95. The van der Waals surface area contributed by atoms with Gasteiger partial charge in [0.2, 0.25) is 5.91 Å². The molecule has 2 rings (SSSR count). The van der Waals surface area contributed by atoms with Gasteiger partial charge in [-0.3, -0.25) is 14.6 Å². The van der Waals surface area contributed by atoms with E-state index in [4.69, 9.17) is 16.3 Å². The average Bonchev–Trinajstić information content (AvgIpc) is 2.55. The van der Waals surface area contributed by atoms with E-state index in [1.165, 1.54) is 13.0 Å². The van der Waals surface area contributed by atoms with Crippen LogP contribution in [0.25, 0.3) is 0 Å². The second kappa shape index (κ2) is 8.31. The lowest BCUT2D eigenvalue weighted by atomic mass is 10.2. The Morgan fingerprint density at radius 2 is 2.12 bits per heavy atom. The van der Waals surface area contributed by atoms with E-state index >= 15 is 0 Å². The molecule has 0 unspecified atom stereocenters. The summed E-state index contributed by atoms with van der Waals surface area (Å²) in [5.41, 5.74) is 0.799. The first kappa shape index (κ1) is 17.7. The Hall–Kier alpha value is -2.60. The van der Waals surface area contributed by atoms with E-state index in [1.807, 2.05) is 6.92 Å². The van der Waals surface area contributed by atoms with Crippen molar-refractivity contribution in [2.24, 2.45) is 0 Å². The number of amides is 2. The zero-order valence-electron chi connectivity index (χ0n) is 13.4. The zero-order valence-corrected chi connectivity index (χ0v) is 14.1. The van der Waals surface area contributed by atoms with Crippen LogP contribution in [0.5, 0.6) is 5.75 Å². The van der Waals surface area contributed by atoms with Crippen molar-refractivity contribution < 1.29 is 14.3 Å². The zero-order chi connectivity index (χ0) is 17.5.